The monoisotopic (exact) mass is 580 g/mol. The van der Waals surface area contributed by atoms with E-state index in [0.717, 1.165) is 43.5 Å². The van der Waals surface area contributed by atoms with Crippen LogP contribution in [0.4, 0.5) is 5.82 Å². The highest BCUT2D eigenvalue weighted by atomic mass is 32.2. The Hall–Kier alpha value is -3.75. The lowest BCUT2D eigenvalue weighted by Gasteiger charge is -2.33. The van der Waals surface area contributed by atoms with Gasteiger partial charge in [-0.2, -0.15) is 0 Å². The van der Waals surface area contributed by atoms with E-state index >= 15 is 0 Å². The molecule has 2 aromatic heterocycles. The van der Waals surface area contributed by atoms with Gasteiger partial charge in [-0.25, -0.2) is 4.98 Å². The molecule has 0 unspecified atom stereocenters. The molecule has 0 radical (unpaired) electrons. The quantitative estimate of drug-likeness (QED) is 0.194. The molecule has 4 aromatic rings. The molecular weight excluding hydrogens is 549 g/mol. The van der Waals surface area contributed by atoms with Crippen molar-refractivity contribution in [1.29, 1.82) is 0 Å². The Balaban J connectivity index is 1.34. The molecular formula is C33H32N4O2S2. The zero-order valence-electron chi connectivity index (χ0n) is 23.2. The zero-order valence-corrected chi connectivity index (χ0v) is 24.8. The average Bonchev–Trinajstić information content (AvgIpc) is 3.28. The standard InChI is InChI=1S/C33H32N4O2S2/c1-22-10-9-17-36-29(22)34-30(35-18-15-25(16-19-35)20-24-11-5-3-6-12-24)27(31(36)38)21-28-32(39)37(33(40)41-28)23(2)26-13-7-4-8-14-26/h3-14,17,21,23,25H,15-16,18-20H2,1-2H3/b28-21-/t23-/m0/s1. The van der Waals surface area contributed by atoms with Gasteiger partial charge in [0.25, 0.3) is 11.5 Å². The number of aryl methyl sites for hydroxylation is 1. The van der Waals surface area contributed by atoms with E-state index in [1.165, 1.54) is 17.3 Å². The Bertz CT molecular complexity index is 1690. The predicted octanol–water partition coefficient (Wildman–Crippen LogP) is 6.42. The Kier molecular flexibility index (Phi) is 7.77. The molecule has 2 fully saturated rings. The number of rotatable bonds is 6. The molecule has 208 valence electrons. The Labute approximate surface area is 249 Å². The second kappa shape index (κ2) is 11.6. The molecule has 4 heterocycles. The molecule has 2 aliphatic heterocycles. The van der Waals surface area contributed by atoms with Crippen molar-refractivity contribution in [1.82, 2.24) is 14.3 Å². The molecule has 8 heteroatoms. The lowest BCUT2D eigenvalue weighted by atomic mass is 9.90. The number of carbonyl (C=O) groups excluding carboxylic acids is 1. The topological polar surface area (TPSA) is 57.9 Å². The van der Waals surface area contributed by atoms with Gasteiger partial charge >= 0.3 is 0 Å². The molecule has 0 aliphatic carbocycles. The van der Waals surface area contributed by atoms with Crippen LogP contribution < -0.4 is 10.5 Å². The summed E-state index contributed by atoms with van der Waals surface area (Å²) in [6, 6.07) is 24.1. The smallest absolute Gasteiger partial charge is 0.267 e. The summed E-state index contributed by atoms with van der Waals surface area (Å²) in [6.45, 7) is 5.55. The predicted molar refractivity (Wildman–Crippen MR) is 171 cm³/mol. The fourth-order valence-electron chi connectivity index (χ4n) is 5.79. The largest absolute Gasteiger partial charge is 0.356 e. The summed E-state index contributed by atoms with van der Waals surface area (Å²) in [6.07, 6.45) is 6.54. The minimum Gasteiger partial charge on any atom is -0.356 e. The number of pyridine rings is 1. The van der Waals surface area contributed by atoms with E-state index in [1.807, 2.05) is 56.3 Å². The lowest BCUT2D eigenvalue weighted by molar-refractivity contribution is -0.123. The molecule has 2 aliphatic rings. The van der Waals surface area contributed by atoms with Gasteiger partial charge in [0.1, 0.15) is 15.8 Å². The van der Waals surface area contributed by atoms with Crippen LogP contribution >= 0.6 is 24.0 Å². The lowest BCUT2D eigenvalue weighted by Crippen LogP contribution is -2.37. The van der Waals surface area contributed by atoms with Gasteiger partial charge in [-0.3, -0.25) is 18.9 Å². The molecule has 6 rings (SSSR count). The van der Waals surface area contributed by atoms with Gasteiger partial charge in [0.05, 0.1) is 16.5 Å². The van der Waals surface area contributed by atoms with Crippen LogP contribution in [0.15, 0.2) is 88.7 Å². The van der Waals surface area contributed by atoms with Crippen molar-refractivity contribution >= 4 is 51.7 Å². The van der Waals surface area contributed by atoms with E-state index in [9.17, 15) is 9.59 Å². The Morgan fingerprint density at radius 2 is 1.68 bits per heavy atom. The van der Waals surface area contributed by atoms with Crippen molar-refractivity contribution in [3.05, 3.63) is 117 Å². The van der Waals surface area contributed by atoms with E-state index in [-0.39, 0.29) is 17.5 Å². The average molecular weight is 581 g/mol. The summed E-state index contributed by atoms with van der Waals surface area (Å²) in [5.41, 5.74) is 4.19. The third kappa shape index (κ3) is 5.46. The molecule has 0 N–H and O–H groups in total. The van der Waals surface area contributed by atoms with Crippen LogP contribution in [-0.4, -0.2) is 37.6 Å². The number of nitrogens with zero attached hydrogens (tertiary/aromatic N) is 4. The van der Waals surface area contributed by atoms with Crippen molar-refractivity contribution in [2.24, 2.45) is 5.92 Å². The molecule has 41 heavy (non-hydrogen) atoms. The fraction of sp³-hybridized carbons (Fsp3) is 0.273. The van der Waals surface area contributed by atoms with Gasteiger partial charge < -0.3 is 4.90 Å². The minimum atomic E-state index is -0.212. The van der Waals surface area contributed by atoms with Crippen molar-refractivity contribution in [3.8, 4) is 0 Å². The van der Waals surface area contributed by atoms with Crippen molar-refractivity contribution < 1.29 is 4.79 Å². The number of benzene rings is 2. The van der Waals surface area contributed by atoms with Crippen LogP contribution in [-0.2, 0) is 11.2 Å². The molecule has 1 amide bonds. The summed E-state index contributed by atoms with van der Waals surface area (Å²) >= 11 is 6.90. The second-order valence-corrected chi connectivity index (χ2v) is 12.5. The summed E-state index contributed by atoms with van der Waals surface area (Å²) in [7, 11) is 0. The van der Waals surface area contributed by atoms with Crippen LogP contribution in [0.5, 0.6) is 0 Å². The van der Waals surface area contributed by atoms with E-state index in [0.29, 0.717) is 32.2 Å². The van der Waals surface area contributed by atoms with Crippen molar-refractivity contribution in [2.75, 3.05) is 18.0 Å². The third-order valence-electron chi connectivity index (χ3n) is 8.11. The van der Waals surface area contributed by atoms with E-state index in [4.69, 9.17) is 17.2 Å². The summed E-state index contributed by atoms with van der Waals surface area (Å²) in [4.78, 5) is 37.0. The van der Waals surface area contributed by atoms with E-state index < -0.39 is 0 Å². The first-order valence-corrected chi connectivity index (χ1v) is 15.3. The number of aromatic nitrogens is 2. The number of amides is 1. The van der Waals surface area contributed by atoms with Gasteiger partial charge in [-0.15, -0.1) is 0 Å². The number of hydrogen-bond acceptors (Lipinski definition) is 6. The van der Waals surface area contributed by atoms with Gasteiger partial charge in [0, 0.05) is 19.3 Å². The van der Waals surface area contributed by atoms with E-state index in [2.05, 4.69) is 35.2 Å². The number of hydrogen-bond donors (Lipinski definition) is 0. The maximum atomic E-state index is 13.9. The van der Waals surface area contributed by atoms with Gasteiger partial charge in [-0.05, 0) is 67.9 Å². The minimum absolute atomic E-state index is 0.179. The number of fused-ring (bicyclic) bond motifs is 1. The zero-order chi connectivity index (χ0) is 28.5. The molecule has 1 atom stereocenters. The molecule has 2 aromatic carbocycles. The van der Waals surface area contributed by atoms with Crippen LogP contribution in [0.25, 0.3) is 11.7 Å². The number of anilines is 1. The maximum absolute atomic E-state index is 13.9. The SMILES string of the molecule is Cc1cccn2c(=O)c(/C=C3\SC(=S)N([C@@H](C)c4ccccc4)C3=O)c(N3CCC(Cc4ccccc4)CC3)nc12. The highest BCUT2D eigenvalue weighted by Gasteiger charge is 2.36. The number of carbonyl (C=O) groups is 1. The maximum Gasteiger partial charge on any atom is 0.267 e. The van der Waals surface area contributed by atoms with E-state index in [1.54, 1.807) is 21.6 Å². The number of thiocarbonyl (C=S) groups is 1. The summed E-state index contributed by atoms with van der Waals surface area (Å²) < 4.78 is 2.07. The fourth-order valence-corrected chi connectivity index (χ4v) is 7.19. The molecule has 2 saturated heterocycles. The van der Waals surface area contributed by atoms with Crippen LogP contribution in [0.2, 0.25) is 0 Å². The number of thioether (sulfide) groups is 1. The highest BCUT2D eigenvalue weighted by molar-refractivity contribution is 8.26. The first kappa shape index (κ1) is 27.4. The first-order chi connectivity index (χ1) is 19.9. The molecule has 6 nitrogen and oxygen atoms in total. The number of piperidine rings is 1. The van der Waals surface area contributed by atoms with Crippen LogP contribution in [0.3, 0.4) is 0 Å². The highest BCUT2D eigenvalue weighted by Crippen LogP contribution is 2.39. The van der Waals surface area contributed by atoms with Crippen molar-refractivity contribution in [3.63, 3.8) is 0 Å². The third-order valence-corrected chi connectivity index (χ3v) is 9.44. The molecule has 0 spiro atoms. The van der Waals surface area contributed by atoms with Crippen LogP contribution in [0, 0.1) is 12.8 Å². The molecule has 0 bridgehead atoms. The first-order valence-electron chi connectivity index (χ1n) is 14.0. The van der Waals surface area contributed by atoms with Gasteiger partial charge in [0.2, 0.25) is 0 Å². The van der Waals surface area contributed by atoms with Gasteiger partial charge in [-0.1, -0.05) is 90.7 Å². The van der Waals surface area contributed by atoms with Crippen LogP contribution in [0.1, 0.15) is 48.1 Å². The van der Waals surface area contributed by atoms with Crippen molar-refractivity contribution in [2.45, 2.75) is 39.2 Å². The summed E-state index contributed by atoms with van der Waals surface area (Å²) in [5.74, 6) is 1.04. The normalized spacial score (nSPS) is 18.0. The molecule has 0 saturated carbocycles. The second-order valence-electron chi connectivity index (χ2n) is 10.8. The Morgan fingerprint density at radius 3 is 2.39 bits per heavy atom. The van der Waals surface area contributed by atoms with Gasteiger partial charge in [0.15, 0.2) is 0 Å². The summed E-state index contributed by atoms with van der Waals surface area (Å²) in [5, 5.41) is 0. The Morgan fingerprint density at radius 1 is 1.00 bits per heavy atom.